The number of nitrogens with one attached hydrogen (secondary N) is 1. The van der Waals surface area contributed by atoms with E-state index < -0.39 is 5.60 Å². The van der Waals surface area contributed by atoms with Crippen LogP contribution in [0.25, 0.3) is 0 Å². The van der Waals surface area contributed by atoms with Gasteiger partial charge in [0, 0.05) is 5.69 Å². The van der Waals surface area contributed by atoms with E-state index in [1.165, 1.54) is 12.0 Å². The van der Waals surface area contributed by atoms with Gasteiger partial charge in [0.25, 0.3) is 5.91 Å². The lowest BCUT2D eigenvalue weighted by Crippen LogP contribution is -2.56. The largest absolute Gasteiger partial charge is 0.456 e. The van der Waals surface area contributed by atoms with Gasteiger partial charge in [-0.1, -0.05) is 19.1 Å². The first-order chi connectivity index (χ1) is 12.9. The molecule has 2 unspecified atom stereocenters. The van der Waals surface area contributed by atoms with Gasteiger partial charge in [0.1, 0.15) is 0 Å². The molecule has 5 nitrogen and oxygen atoms in total. The van der Waals surface area contributed by atoms with E-state index >= 15 is 0 Å². The number of hydrogen-bond donors (Lipinski definition) is 2. The molecule has 2 N–H and O–H groups in total. The summed E-state index contributed by atoms with van der Waals surface area (Å²) in [6.07, 6.45) is 6.97. The Morgan fingerprint density at radius 3 is 2.41 bits per heavy atom. The second-order valence-corrected chi connectivity index (χ2v) is 9.12. The van der Waals surface area contributed by atoms with Crippen molar-refractivity contribution in [1.29, 1.82) is 0 Å². The topological polar surface area (TPSA) is 75.6 Å². The van der Waals surface area contributed by atoms with Crippen molar-refractivity contribution >= 4 is 17.6 Å². The molecule has 4 saturated carbocycles. The average molecular weight is 371 g/mol. The van der Waals surface area contributed by atoms with E-state index in [1.54, 1.807) is 0 Å². The summed E-state index contributed by atoms with van der Waals surface area (Å²) in [6, 6.07) is 7.65. The van der Waals surface area contributed by atoms with Crippen molar-refractivity contribution in [3.05, 3.63) is 29.8 Å². The van der Waals surface area contributed by atoms with Gasteiger partial charge in [0.15, 0.2) is 6.61 Å². The molecule has 4 bridgehead atoms. The van der Waals surface area contributed by atoms with E-state index in [0.29, 0.717) is 30.4 Å². The van der Waals surface area contributed by atoms with Crippen molar-refractivity contribution < 1.29 is 19.4 Å². The van der Waals surface area contributed by atoms with Crippen LogP contribution in [0.1, 0.15) is 57.4 Å². The molecule has 4 aliphatic rings. The maximum absolute atomic E-state index is 12.4. The monoisotopic (exact) mass is 371 g/mol. The molecule has 0 saturated heterocycles. The molecule has 146 valence electrons. The Hall–Kier alpha value is -1.88. The van der Waals surface area contributed by atoms with Crippen LogP contribution in [0.15, 0.2) is 24.3 Å². The van der Waals surface area contributed by atoms with Gasteiger partial charge < -0.3 is 15.2 Å². The minimum Gasteiger partial charge on any atom is -0.456 e. The molecule has 5 heteroatoms. The second kappa shape index (κ2) is 6.93. The molecule has 4 atom stereocenters. The first-order valence-corrected chi connectivity index (χ1v) is 10.1. The molecule has 0 spiro atoms. The van der Waals surface area contributed by atoms with Crippen LogP contribution < -0.4 is 5.32 Å². The first kappa shape index (κ1) is 18.5. The second-order valence-electron chi connectivity index (χ2n) is 9.12. The highest BCUT2D eigenvalue weighted by atomic mass is 16.5. The van der Waals surface area contributed by atoms with Crippen molar-refractivity contribution in [3.8, 4) is 0 Å². The van der Waals surface area contributed by atoms with Gasteiger partial charge in [0.05, 0.1) is 12.0 Å². The minimum absolute atomic E-state index is 0.123. The number of aryl methyl sites for hydroxylation is 1. The number of aliphatic hydroxyl groups is 1. The zero-order valence-electron chi connectivity index (χ0n) is 16.0. The number of rotatable bonds is 6. The van der Waals surface area contributed by atoms with Crippen LogP contribution in [0.4, 0.5) is 5.69 Å². The van der Waals surface area contributed by atoms with Crippen LogP contribution in [0.3, 0.4) is 0 Å². The summed E-state index contributed by atoms with van der Waals surface area (Å²) < 4.78 is 5.26. The lowest BCUT2D eigenvalue weighted by Gasteiger charge is -2.60. The highest BCUT2D eigenvalue weighted by molar-refractivity contribution is 5.92. The van der Waals surface area contributed by atoms with Crippen molar-refractivity contribution in [2.45, 2.75) is 63.9 Å². The maximum Gasteiger partial charge on any atom is 0.306 e. The Morgan fingerprint density at radius 1 is 1.15 bits per heavy atom. The lowest BCUT2D eigenvalue weighted by atomic mass is 9.47. The summed E-state index contributed by atoms with van der Waals surface area (Å²) in [5.74, 6) is 0.436. The van der Waals surface area contributed by atoms with Crippen LogP contribution in [0.5, 0.6) is 0 Å². The minimum atomic E-state index is -0.577. The number of amides is 1. The quantitative estimate of drug-likeness (QED) is 0.751. The zero-order valence-corrected chi connectivity index (χ0v) is 16.0. The molecule has 5 rings (SSSR count). The number of anilines is 1. The van der Waals surface area contributed by atoms with E-state index in [1.807, 2.05) is 24.3 Å². The van der Waals surface area contributed by atoms with Gasteiger partial charge in [-0.25, -0.2) is 0 Å². The molecule has 0 radical (unpaired) electrons. The molecular formula is C22H29NO4. The standard InChI is InChI=1S/C22H29NO4/c1-2-15-3-5-18(6-4-15)23-19(24)13-27-20(25)12-21-8-16-7-17(9-21)11-22(26,10-16)14-21/h3-6,16-17,26H,2,7-14H2,1H3,(H,23,24)/t16-,17+,21?,22?. The van der Waals surface area contributed by atoms with Crippen LogP contribution in [-0.4, -0.2) is 29.2 Å². The van der Waals surface area contributed by atoms with Crippen LogP contribution in [0.2, 0.25) is 0 Å². The summed E-state index contributed by atoms with van der Waals surface area (Å²) in [7, 11) is 0. The highest BCUT2D eigenvalue weighted by Crippen LogP contribution is 2.62. The molecular weight excluding hydrogens is 342 g/mol. The number of ether oxygens (including phenoxy) is 1. The van der Waals surface area contributed by atoms with Gasteiger partial charge in [-0.05, 0) is 79.9 Å². The SMILES string of the molecule is CCc1ccc(NC(=O)COC(=O)CC23C[C@@H]4C[C@@H](CC(O)(C4)C2)C3)cc1. The average Bonchev–Trinajstić information content (AvgIpc) is 2.58. The highest BCUT2D eigenvalue weighted by Gasteiger charge is 2.57. The van der Waals surface area contributed by atoms with Crippen LogP contribution >= 0.6 is 0 Å². The van der Waals surface area contributed by atoms with Gasteiger partial charge in [-0.3, -0.25) is 9.59 Å². The van der Waals surface area contributed by atoms with Crippen LogP contribution in [0, 0.1) is 17.3 Å². The fourth-order valence-corrected chi connectivity index (χ4v) is 6.13. The molecule has 1 amide bonds. The lowest BCUT2D eigenvalue weighted by molar-refractivity contribution is -0.177. The van der Waals surface area contributed by atoms with Gasteiger partial charge in [0.2, 0.25) is 0 Å². The predicted octanol–water partition coefficient (Wildman–Crippen LogP) is 3.45. The summed E-state index contributed by atoms with van der Waals surface area (Å²) >= 11 is 0. The van der Waals surface area contributed by atoms with E-state index in [4.69, 9.17) is 4.74 Å². The number of benzene rings is 1. The Kier molecular flexibility index (Phi) is 4.75. The molecule has 1 aromatic rings. The molecule has 4 fully saturated rings. The molecule has 0 aliphatic heterocycles. The Labute approximate surface area is 160 Å². The van der Waals surface area contributed by atoms with E-state index in [9.17, 15) is 14.7 Å². The molecule has 0 aromatic heterocycles. The molecule has 27 heavy (non-hydrogen) atoms. The number of esters is 1. The number of hydrogen-bond acceptors (Lipinski definition) is 4. The Morgan fingerprint density at radius 2 is 1.81 bits per heavy atom. The molecule has 4 aliphatic carbocycles. The normalized spacial score (nSPS) is 33.7. The number of carbonyl (C=O) groups is 2. The van der Waals surface area contributed by atoms with Crippen LogP contribution in [-0.2, 0) is 20.7 Å². The predicted molar refractivity (Wildman–Crippen MR) is 102 cm³/mol. The summed E-state index contributed by atoms with van der Waals surface area (Å²) in [5.41, 5.74) is 1.21. The van der Waals surface area contributed by atoms with Gasteiger partial charge >= 0.3 is 5.97 Å². The van der Waals surface area contributed by atoms with Crippen molar-refractivity contribution in [1.82, 2.24) is 0 Å². The first-order valence-electron chi connectivity index (χ1n) is 10.1. The van der Waals surface area contributed by atoms with Crippen molar-refractivity contribution in [2.75, 3.05) is 11.9 Å². The van der Waals surface area contributed by atoms with Gasteiger partial charge in [-0.2, -0.15) is 0 Å². The Balaban J connectivity index is 1.28. The van der Waals surface area contributed by atoms with Crippen molar-refractivity contribution in [3.63, 3.8) is 0 Å². The van der Waals surface area contributed by atoms with Gasteiger partial charge in [-0.15, -0.1) is 0 Å². The fraction of sp³-hybridized carbons (Fsp3) is 0.636. The third kappa shape index (κ3) is 4.03. The van der Waals surface area contributed by atoms with E-state index in [2.05, 4.69) is 12.2 Å². The molecule has 1 aromatic carbocycles. The smallest absolute Gasteiger partial charge is 0.306 e. The third-order valence-corrected chi connectivity index (χ3v) is 6.68. The number of carbonyl (C=O) groups excluding carboxylic acids is 2. The summed E-state index contributed by atoms with van der Waals surface area (Å²) in [5, 5.41) is 13.5. The fourth-order valence-electron chi connectivity index (χ4n) is 6.13. The summed E-state index contributed by atoms with van der Waals surface area (Å²) in [4.78, 5) is 24.4. The van der Waals surface area contributed by atoms with E-state index in [0.717, 1.165) is 32.1 Å². The van der Waals surface area contributed by atoms with Crippen molar-refractivity contribution in [2.24, 2.45) is 17.3 Å². The Bertz CT molecular complexity index is 712. The third-order valence-electron chi connectivity index (χ3n) is 6.68. The zero-order chi connectivity index (χ0) is 19.1. The maximum atomic E-state index is 12.4. The van der Waals surface area contributed by atoms with E-state index in [-0.39, 0.29) is 23.9 Å². The molecule has 0 heterocycles. The summed E-state index contributed by atoms with van der Waals surface area (Å²) in [6.45, 7) is 1.82.